The summed E-state index contributed by atoms with van der Waals surface area (Å²) < 4.78 is 13.7. The lowest BCUT2D eigenvalue weighted by Gasteiger charge is -2.21. The number of rotatable bonds is 5. The molecule has 0 saturated carbocycles. The fourth-order valence-corrected chi connectivity index (χ4v) is 2.21. The third kappa shape index (κ3) is 4.39. The Morgan fingerprint density at radius 1 is 1.05 bits per heavy atom. The van der Waals surface area contributed by atoms with Crippen LogP contribution in [0.1, 0.15) is 15.9 Å². The van der Waals surface area contributed by atoms with Gasteiger partial charge in [0.05, 0.1) is 0 Å². The molecule has 0 bridgehead atoms. The average molecular weight is 366 g/mol. The van der Waals surface area contributed by atoms with Gasteiger partial charge in [-0.05, 0) is 42.0 Å². The van der Waals surface area contributed by atoms with Crippen LogP contribution in [0.5, 0.6) is 0 Å². The van der Waals surface area contributed by atoms with Gasteiger partial charge in [0.1, 0.15) is 12.4 Å². The van der Waals surface area contributed by atoms with E-state index < -0.39 is 12.5 Å². The highest BCUT2D eigenvalue weighted by atomic mass is 79.9. The Bertz CT molecular complexity index is 671. The summed E-state index contributed by atoms with van der Waals surface area (Å²) in [6.45, 7) is -0.326. The summed E-state index contributed by atoms with van der Waals surface area (Å²) in [7, 11) is 0. The Kier molecular flexibility index (Phi) is 5.27. The van der Waals surface area contributed by atoms with Crippen molar-refractivity contribution >= 4 is 27.8 Å². The molecule has 0 heterocycles. The maximum atomic E-state index is 12.9. The van der Waals surface area contributed by atoms with Gasteiger partial charge in [0.2, 0.25) is 0 Å². The van der Waals surface area contributed by atoms with Gasteiger partial charge in [-0.3, -0.25) is 9.59 Å². The smallest absolute Gasteiger partial charge is 0.323 e. The van der Waals surface area contributed by atoms with Gasteiger partial charge < -0.3 is 10.0 Å². The first-order chi connectivity index (χ1) is 10.5. The Balaban J connectivity index is 2.21. The predicted octanol–water partition coefficient (Wildman–Crippen LogP) is 3.32. The highest BCUT2D eigenvalue weighted by Crippen LogP contribution is 2.14. The molecule has 2 aromatic rings. The van der Waals surface area contributed by atoms with E-state index in [0.29, 0.717) is 11.1 Å². The van der Waals surface area contributed by atoms with Crippen LogP contribution in [0, 0.1) is 5.82 Å². The van der Waals surface area contributed by atoms with Gasteiger partial charge in [-0.25, -0.2) is 4.39 Å². The minimum Gasteiger partial charge on any atom is -0.480 e. The third-order valence-electron chi connectivity index (χ3n) is 2.99. The number of nitrogens with zero attached hydrogens (tertiary/aromatic N) is 1. The number of amides is 1. The summed E-state index contributed by atoms with van der Waals surface area (Å²) in [4.78, 5) is 24.6. The van der Waals surface area contributed by atoms with Gasteiger partial charge in [-0.15, -0.1) is 0 Å². The first-order valence-electron chi connectivity index (χ1n) is 6.47. The van der Waals surface area contributed by atoms with Crippen molar-refractivity contribution in [2.45, 2.75) is 6.54 Å². The maximum absolute atomic E-state index is 12.9. The van der Waals surface area contributed by atoms with Crippen molar-refractivity contribution in [2.75, 3.05) is 6.54 Å². The molecule has 6 heteroatoms. The van der Waals surface area contributed by atoms with E-state index in [4.69, 9.17) is 5.11 Å². The minimum absolute atomic E-state index is 0.0987. The molecule has 0 saturated heterocycles. The Hall–Kier alpha value is -2.21. The predicted molar refractivity (Wildman–Crippen MR) is 82.9 cm³/mol. The van der Waals surface area contributed by atoms with Crippen LogP contribution < -0.4 is 0 Å². The zero-order chi connectivity index (χ0) is 16.1. The number of carbonyl (C=O) groups excluding carboxylic acids is 1. The van der Waals surface area contributed by atoms with Crippen LogP contribution >= 0.6 is 15.9 Å². The molecule has 0 atom stereocenters. The van der Waals surface area contributed by atoms with E-state index in [1.165, 1.54) is 29.2 Å². The molecule has 0 fully saturated rings. The van der Waals surface area contributed by atoms with Gasteiger partial charge in [0, 0.05) is 16.6 Å². The fourth-order valence-electron chi connectivity index (χ4n) is 1.95. The number of hydrogen-bond acceptors (Lipinski definition) is 2. The van der Waals surface area contributed by atoms with Gasteiger partial charge in [0.15, 0.2) is 0 Å². The third-order valence-corrected chi connectivity index (χ3v) is 3.52. The van der Waals surface area contributed by atoms with Crippen LogP contribution in [0.2, 0.25) is 0 Å². The fraction of sp³-hybridized carbons (Fsp3) is 0.125. The van der Waals surface area contributed by atoms with Crippen LogP contribution in [-0.4, -0.2) is 28.4 Å². The summed E-state index contributed by atoms with van der Waals surface area (Å²) in [5.74, 6) is -1.88. The highest BCUT2D eigenvalue weighted by molar-refractivity contribution is 9.10. The number of benzene rings is 2. The lowest BCUT2D eigenvalue weighted by atomic mass is 10.1. The molecule has 0 aliphatic carbocycles. The van der Waals surface area contributed by atoms with Crippen molar-refractivity contribution < 1.29 is 19.1 Å². The summed E-state index contributed by atoms with van der Waals surface area (Å²) in [6.07, 6.45) is 0. The lowest BCUT2D eigenvalue weighted by molar-refractivity contribution is -0.137. The molecular weight excluding hydrogens is 353 g/mol. The van der Waals surface area contributed by atoms with Crippen LogP contribution in [0.25, 0.3) is 0 Å². The second kappa shape index (κ2) is 7.17. The number of halogens is 2. The molecule has 0 aromatic heterocycles. The van der Waals surface area contributed by atoms with Gasteiger partial charge in [-0.1, -0.05) is 28.1 Å². The molecular formula is C16H13BrFNO3. The SMILES string of the molecule is O=C(O)CN(Cc1ccc(F)cc1)C(=O)c1ccc(Br)cc1. The molecule has 2 rings (SSSR count). The highest BCUT2D eigenvalue weighted by Gasteiger charge is 2.19. The van der Waals surface area contributed by atoms with Crippen LogP contribution in [0.3, 0.4) is 0 Å². The van der Waals surface area contributed by atoms with E-state index in [-0.39, 0.29) is 18.3 Å². The van der Waals surface area contributed by atoms with E-state index in [1.807, 2.05) is 0 Å². The number of carboxylic acids is 1. The normalized spacial score (nSPS) is 10.3. The summed E-state index contributed by atoms with van der Waals surface area (Å²) >= 11 is 3.28. The van der Waals surface area contributed by atoms with E-state index in [0.717, 1.165) is 4.47 Å². The molecule has 1 amide bonds. The van der Waals surface area contributed by atoms with E-state index in [9.17, 15) is 14.0 Å². The molecule has 114 valence electrons. The topological polar surface area (TPSA) is 57.6 Å². The molecule has 4 nitrogen and oxygen atoms in total. The molecule has 0 radical (unpaired) electrons. The van der Waals surface area contributed by atoms with Crippen molar-refractivity contribution in [3.8, 4) is 0 Å². The number of carbonyl (C=O) groups is 2. The Morgan fingerprint density at radius 3 is 2.18 bits per heavy atom. The van der Waals surface area contributed by atoms with Crippen LogP contribution in [0.4, 0.5) is 4.39 Å². The Morgan fingerprint density at radius 2 is 1.64 bits per heavy atom. The van der Waals surface area contributed by atoms with E-state index in [2.05, 4.69) is 15.9 Å². The largest absolute Gasteiger partial charge is 0.480 e. The maximum Gasteiger partial charge on any atom is 0.323 e. The van der Waals surface area contributed by atoms with Crippen molar-refractivity contribution in [1.82, 2.24) is 4.90 Å². The monoisotopic (exact) mass is 365 g/mol. The summed E-state index contributed by atoms with van der Waals surface area (Å²) in [5.41, 5.74) is 1.06. The summed E-state index contributed by atoms with van der Waals surface area (Å²) in [6, 6.07) is 12.3. The lowest BCUT2D eigenvalue weighted by Crippen LogP contribution is -2.35. The van der Waals surface area contributed by atoms with Crippen LogP contribution in [0.15, 0.2) is 53.0 Å². The zero-order valence-corrected chi connectivity index (χ0v) is 13.1. The first kappa shape index (κ1) is 16.2. The van der Waals surface area contributed by atoms with Gasteiger partial charge >= 0.3 is 5.97 Å². The van der Waals surface area contributed by atoms with Crippen molar-refractivity contribution in [3.05, 3.63) is 69.9 Å². The minimum atomic E-state index is -1.10. The van der Waals surface area contributed by atoms with Gasteiger partial charge in [0.25, 0.3) is 5.91 Å². The second-order valence-corrected chi connectivity index (χ2v) is 5.60. The second-order valence-electron chi connectivity index (χ2n) is 4.69. The molecule has 2 aromatic carbocycles. The molecule has 0 unspecified atom stereocenters. The Labute approximate surface area is 135 Å². The first-order valence-corrected chi connectivity index (χ1v) is 7.26. The van der Waals surface area contributed by atoms with Crippen molar-refractivity contribution in [1.29, 1.82) is 0 Å². The summed E-state index contributed by atoms with van der Waals surface area (Å²) in [5, 5.41) is 8.98. The van der Waals surface area contributed by atoms with E-state index in [1.54, 1.807) is 24.3 Å². The molecule has 0 spiro atoms. The van der Waals surface area contributed by atoms with Gasteiger partial charge in [-0.2, -0.15) is 0 Å². The molecule has 1 N–H and O–H groups in total. The van der Waals surface area contributed by atoms with Crippen molar-refractivity contribution in [3.63, 3.8) is 0 Å². The average Bonchev–Trinajstić information content (AvgIpc) is 2.48. The van der Waals surface area contributed by atoms with Crippen molar-refractivity contribution in [2.24, 2.45) is 0 Å². The molecule has 0 aliphatic rings. The zero-order valence-electron chi connectivity index (χ0n) is 11.5. The quantitative estimate of drug-likeness (QED) is 0.883. The number of hydrogen-bond donors (Lipinski definition) is 1. The number of aliphatic carboxylic acids is 1. The van der Waals surface area contributed by atoms with Crippen LogP contribution in [-0.2, 0) is 11.3 Å². The molecule has 0 aliphatic heterocycles. The van der Waals surface area contributed by atoms with E-state index >= 15 is 0 Å². The standard InChI is InChI=1S/C16H13BrFNO3/c17-13-5-3-12(4-6-13)16(22)19(10-15(20)21)9-11-1-7-14(18)8-2-11/h1-8H,9-10H2,(H,20,21). The molecule has 22 heavy (non-hydrogen) atoms. The number of carboxylic acid groups (broad SMARTS) is 1.